The molecule has 0 spiro atoms. The van der Waals surface area contributed by atoms with Gasteiger partial charge >= 0.3 is 0 Å². The summed E-state index contributed by atoms with van der Waals surface area (Å²) in [7, 11) is 0. The molecule has 20 heavy (non-hydrogen) atoms. The van der Waals surface area contributed by atoms with Crippen molar-refractivity contribution in [3.05, 3.63) is 71.3 Å². The molecule has 2 nitrogen and oxygen atoms in total. The monoisotopic (exact) mass is 262 g/mol. The molecule has 0 N–H and O–H groups in total. The molecule has 0 saturated carbocycles. The third kappa shape index (κ3) is 2.89. The van der Waals surface area contributed by atoms with Crippen molar-refractivity contribution in [2.45, 2.75) is 18.9 Å². The van der Waals surface area contributed by atoms with Crippen LogP contribution >= 0.6 is 0 Å². The number of nitriles is 1. The highest BCUT2D eigenvalue weighted by molar-refractivity contribution is 5.31. The third-order valence-electron chi connectivity index (χ3n) is 4.03. The van der Waals surface area contributed by atoms with Gasteiger partial charge in [-0.3, -0.25) is 4.90 Å². The number of nitrogens with zero attached hydrogens (tertiary/aromatic N) is 2. The van der Waals surface area contributed by atoms with Crippen molar-refractivity contribution < 1.29 is 0 Å². The van der Waals surface area contributed by atoms with Gasteiger partial charge in [-0.15, -0.1) is 0 Å². The summed E-state index contributed by atoms with van der Waals surface area (Å²) in [6.07, 6.45) is 1.24. The van der Waals surface area contributed by atoms with Crippen LogP contribution in [0.5, 0.6) is 0 Å². The molecule has 2 aromatic rings. The topological polar surface area (TPSA) is 27.0 Å². The smallest absolute Gasteiger partial charge is 0.0991 e. The first-order valence-corrected chi connectivity index (χ1v) is 7.11. The van der Waals surface area contributed by atoms with E-state index in [1.807, 2.05) is 12.1 Å². The van der Waals surface area contributed by atoms with Gasteiger partial charge < -0.3 is 0 Å². The molecule has 0 aromatic heterocycles. The average Bonchev–Trinajstić information content (AvgIpc) is 2.97. The van der Waals surface area contributed by atoms with Crippen molar-refractivity contribution in [3.63, 3.8) is 0 Å². The lowest BCUT2D eigenvalue weighted by molar-refractivity contribution is 0.327. The minimum absolute atomic E-state index is 0.662. The zero-order chi connectivity index (χ0) is 13.8. The van der Waals surface area contributed by atoms with Crippen LogP contribution in [0.15, 0.2) is 54.6 Å². The fraction of sp³-hybridized carbons (Fsp3) is 0.278. The number of hydrogen-bond acceptors (Lipinski definition) is 2. The van der Waals surface area contributed by atoms with E-state index in [4.69, 9.17) is 5.26 Å². The van der Waals surface area contributed by atoms with E-state index in [0.29, 0.717) is 5.92 Å². The maximum absolute atomic E-state index is 8.81. The Morgan fingerprint density at radius 1 is 1.05 bits per heavy atom. The lowest BCUT2D eigenvalue weighted by atomic mass is 9.99. The third-order valence-corrected chi connectivity index (χ3v) is 4.03. The van der Waals surface area contributed by atoms with Crippen LogP contribution in [-0.2, 0) is 6.54 Å². The molecule has 100 valence electrons. The normalized spacial score (nSPS) is 18.9. The summed E-state index contributed by atoms with van der Waals surface area (Å²) in [5.74, 6) is 0.662. The largest absolute Gasteiger partial charge is 0.298 e. The van der Waals surface area contributed by atoms with Crippen molar-refractivity contribution in [1.29, 1.82) is 5.26 Å². The molecule has 0 amide bonds. The zero-order valence-corrected chi connectivity index (χ0v) is 11.5. The van der Waals surface area contributed by atoms with Gasteiger partial charge in [-0.2, -0.15) is 5.26 Å². The lowest BCUT2D eigenvalue weighted by Crippen LogP contribution is -2.19. The van der Waals surface area contributed by atoms with Gasteiger partial charge in [-0.1, -0.05) is 42.5 Å². The highest BCUT2D eigenvalue weighted by Crippen LogP contribution is 2.27. The van der Waals surface area contributed by atoms with E-state index >= 15 is 0 Å². The minimum atomic E-state index is 0.662. The molecule has 1 saturated heterocycles. The Kier molecular flexibility index (Phi) is 3.80. The van der Waals surface area contributed by atoms with Crippen LogP contribution in [0.4, 0.5) is 0 Å². The second-order valence-corrected chi connectivity index (χ2v) is 5.44. The maximum Gasteiger partial charge on any atom is 0.0991 e. The number of likely N-dealkylation sites (tertiary alicyclic amines) is 1. The van der Waals surface area contributed by atoms with Gasteiger partial charge in [0.05, 0.1) is 11.6 Å². The molecule has 0 radical (unpaired) electrons. The van der Waals surface area contributed by atoms with E-state index < -0.39 is 0 Å². The van der Waals surface area contributed by atoms with Crippen molar-refractivity contribution in [1.82, 2.24) is 4.90 Å². The minimum Gasteiger partial charge on any atom is -0.298 e. The Morgan fingerprint density at radius 2 is 1.80 bits per heavy atom. The summed E-state index contributed by atoms with van der Waals surface area (Å²) in [5.41, 5.74) is 3.48. The van der Waals surface area contributed by atoms with E-state index in [-0.39, 0.29) is 0 Å². The molecule has 0 aliphatic carbocycles. The van der Waals surface area contributed by atoms with Crippen LogP contribution in [0.2, 0.25) is 0 Å². The van der Waals surface area contributed by atoms with Crippen molar-refractivity contribution >= 4 is 0 Å². The van der Waals surface area contributed by atoms with Crippen molar-refractivity contribution in [3.8, 4) is 6.07 Å². The summed E-state index contributed by atoms with van der Waals surface area (Å²) in [4.78, 5) is 2.50. The van der Waals surface area contributed by atoms with E-state index in [2.05, 4.69) is 53.4 Å². The van der Waals surface area contributed by atoms with Gasteiger partial charge in [-0.05, 0) is 42.1 Å². The summed E-state index contributed by atoms with van der Waals surface area (Å²) in [6, 6.07) is 20.9. The summed E-state index contributed by atoms with van der Waals surface area (Å²) in [6.45, 7) is 3.26. The van der Waals surface area contributed by atoms with Gasteiger partial charge in [-0.25, -0.2) is 0 Å². The molecule has 3 rings (SSSR count). The van der Waals surface area contributed by atoms with E-state index in [0.717, 1.165) is 25.2 Å². The molecule has 2 aromatic carbocycles. The molecule has 1 aliphatic heterocycles. The van der Waals surface area contributed by atoms with Gasteiger partial charge in [0.1, 0.15) is 0 Å². The SMILES string of the molecule is N#Cc1ccc(CN2CCC(c3ccccc3)C2)cc1. The highest BCUT2D eigenvalue weighted by Gasteiger charge is 2.23. The van der Waals surface area contributed by atoms with Gasteiger partial charge in [0.2, 0.25) is 0 Å². The van der Waals surface area contributed by atoms with Crippen molar-refractivity contribution in [2.75, 3.05) is 13.1 Å². The number of hydrogen-bond donors (Lipinski definition) is 0. The first-order chi connectivity index (χ1) is 9.85. The van der Waals surface area contributed by atoms with Crippen LogP contribution in [-0.4, -0.2) is 18.0 Å². The standard InChI is InChI=1S/C18H18N2/c19-12-15-6-8-16(9-7-15)13-20-11-10-18(14-20)17-4-2-1-3-5-17/h1-9,18H,10-11,13-14H2. The molecule has 1 unspecified atom stereocenters. The van der Waals surface area contributed by atoms with Crippen LogP contribution in [0.1, 0.15) is 29.0 Å². The van der Waals surface area contributed by atoms with E-state index in [1.54, 1.807) is 0 Å². The molecule has 2 heteroatoms. The van der Waals surface area contributed by atoms with Gasteiger partial charge in [0, 0.05) is 13.1 Å². The van der Waals surface area contributed by atoms with Crippen LogP contribution in [0.3, 0.4) is 0 Å². The molecule has 1 aliphatic rings. The van der Waals surface area contributed by atoms with E-state index in [9.17, 15) is 0 Å². The summed E-state index contributed by atoms with van der Waals surface area (Å²) < 4.78 is 0. The molecule has 0 bridgehead atoms. The van der Waals surface area contributed by atoms with E-state index in [1.165, 1.54) is 17.5 Å². The van der Waals surface area contributed by atoms with Crippen LogP contribution < -0.4 is 0 Å². The van der Waals surface area contributed by atoms with Crippen molar-refractivity contribution in [2.24, 2.45) is 0 Å². The second-order valence-electron chi connectivity index (χ2n) is 5.44. The molecular weight excluding hydrogens is 244 g/mol. The fourth-order valence-electron chi connectivity index (χ4n) is 2.92. The quantitative estimate of drug-likeness (QED) is 0.846. The fourth-order valence-corrected chi connectivity index (χ4v) is 2.92. The Hall–Kier alpha value is -2.11. The Labute approximate surface area is 120 Å². The average molecular weight is 262 g/mol. The summed E-state index contributed by atoms with van der Waals surface area (Å²) >= 11 is 0. The molecular formula is C18H18N2. The first kappa shape index (κ1) is 12.9. The zero-order valence-electron chi connectivity index (χ0n) is 11.5. The Morgan fingerprint density at radius 3 is 2.50 bits per heavy atom. The molecule has 1 heterocycles. The van der Waals surface area contributed by atoms with Crippen LogP contribution in [0.25, 0.3) is 0 Å². The molecule has 1 fully saturated rings. The van der Waals surface area contributed by atoms with Crippen LogP contribution in [0, 0.1) is 11.3 Å². The number of rotatable bonds is 3. The van der Waals surface area contributed by atoms with Gasteiger partial charge in [0.25, 0.3) is 0 Å². The highest BCUT2D eigenvalue weighted by atomic mass is 15.1. The predicted octanol–water partition coefficient (Wildman–Crippen LogP) is 3.55. The first-order valence-electron chi connectivity index (χ1n) is 7.11. The lowest BCUT2D eigenvalue weighted by Gasteiger charge is -2.16. The second kappa shape index (κ2) is 5.90. The number of benzene rings is 2. The van der Waals surface area contributed by atoms with Gasteiger partial charge in [0.15, 0.2) is 0 Å². The summed E-state index contributed by atoms with van der Waals surface area (Å²) in [5, 5.41) is 8.81. The predicted molar refractivity (Wildman–Crippen MR) is 80.2 cm³/mol. The Balaban J connectivity index is 1.61. The maximum atomic E-state index is 8.81. The Bertz CT molecular complexity index is 596. The molecule has 1 atom stereocenters.